The molecule has 3 nitrogen and oxygen atoms in total. The highest BCUT2D eigenvalue weighted by Gasteiger charge is 2.64. The fourth-order valence-electron chi connectivity index (χ4n) is 3.19. The highest BCUT2D eigenvalue weighted by atomic mass is 19.1. The van der Waals surface area contributed by atoms with Crippen LogP contribution in [0.4, 0.5) is 4.39 Å². The molecular weight excluding hydrogens is 187 g/mol. The number of Topliss-reactive ketones (excluding diaryl/α,β-unsaturated/α-hetero) is 1. The van der Waals surface area contributed by atoms with Crippen LogP contribution in [0.1, 0.15) is 19.3 Å². The number of esters is 1. The lowest BCUT2D eigenvalue weighted by atomic mass is 9.68. The van der Waals surface area contributed by atoms with Crippen molar-refractivity contribution in [3.63, 3.8) is 0 Å². The Morgan fingerprint density at radius 3 is 3.00 bits per heavy atom. The van der Waals surface area contributed by atoms with E-state index in [1.165, 1.54) is 0 Å². The Hall–Kier alpha value is -0.930. The second kappa shape index (κ2) is 2.35. The molecule has 14 heavy (non-hydrogen) atoms. The number of cyclic esters (lactones) is 1. The van der Waals surface area contributed by atoms with Crippen LogP contribution in [0.2, 0.25) is 0 Å². The number of fused-ring (bicyclic) bond motifs is 1. The van der Waals surface area contributed by atoms with Crippen molar-refractivity contribution in [1.82, 2.24) is 0 Å². The van der Waals surface area contributed by atoms with E-state index in [0.29, 0.717) is 12.8 Å². The maximum absolute atomic E-state index is 13.5. The zero-order valence-electron chi connectivity index (χ0n) is 7.66. The van der Waals surface area contributed by atoms with Crippen molar-refractivity contribution in [1.29, 1.82) is 0 Å². The first-order chi connectivity index (χ1) is 6.63. The first-order valence-corrected chi connectivity index (χ1v) is 4.97. The Labute approximate surface area is 80.6 Å². The summed E-state index contributed by atoms with van der Waals surface area (Å²) >= 11 is 0. The number of hydrogen-bond acceptors (Lipinski definition) is 3. The van der Waals surface area contributed by atoms with Gasteiger partial charge in [0.1, 0.15) is 18.6 Å². The van der Waals surface area contributed by atoms with Crippen LogP contribution in [0.25, 0.3) is 0 Å². The van der Waals surface area contributed by atoms with Crippen LogP contribution in [0.15, 0.2) is 0 Å². The highest BCUT2D eigenvalue weighted by Crippen LogP contribution is 2.56. The number of rotatable bonds is 0. The summed E-state index contributed by atoms with van der Waals surface area (Å²) in [6.07, 6.45) is 0.0117. The van der Waals surface area contributed by atoms with Crippen molar-refractivity contribution in [3.8, 4) is 0 Å². The van der Waals surface area contributed by atoms with E-state index >= 15 is 0 Å². The van der Waals surface area contributed by atoms with Crippen molar-refractivity contribution in [2.45, 2.75) is 25.4 Å². The van der Waals surface area contributed by atoms with Gasteiger partial charge in [-0.1, -0.05) is 0 Å². The van der Waals surface area contributed by atoms with E-state index in [4.69, 9.17) is 4.74 Å². The smallest absolute Gasteiger partial charge is 0.310 e. The molecule has 1 saturated heterocycles. The van der Waals surface area contributed by atoms with Gasteiger partial charge in [-0.15, -0.1) is 0 Å². The molecule has 3 fully saturated rings. The lowest BCUT2D eigenvalue weighted by molar-refractivity contribution is -0.142. The average molecular weight is 198 g/mol. The zero-order valence-corrected chi connectivity index (χ0v) is 7.66. The summed E-state index contributed by atoms with van der Waals surface area (Å²) in [5.41, 5.74) is -0.635. The van der Waals surface area contributed by atoms with Gasteiger partial charge in [0.05, 0.1) is 11.3 Å². The van der Waals surface area contributed by atoms with Gasteiger partial charge >= 0.3 is 5.97 Å². The monoisotopic (exact) mass is 198 g/mol. The topological polar surface area (TPSA) is 43.4 Å². The third-order valence-electron chi connectivity index (χ3n) is 4.03. The minimum Gasteiger partial charge on any atom is -0.464 e. The summed E-state index contributed by atoms with van der Waals surface area (Å²) in [6, 6.07) is 0. The summed E-state index contributed by atoms with van der Waals surface area (Å²) in [5, 5.41) is 0. The van der Waals surface area contributed by atoms with Crippen molar-refractivity contribution >= 4 is 11.8 Å². The average Bonchev–Trinajstić information content (AvgIpc) is 2.61. The maximum Gasteiger partial charge on any atom is 0.310 e. The van der Waals surface area contributed by atoms with Crippen LogP contribution in [-0.2, 0) is 14.3 Å². The molecule has 0 N–H and O–H groups in total. The van der Waals surface area contributed by atoms with Gasteiger partial charge in [-0.2, -0.15) is 0 Å². The number of carbonyl (C=O) groups excluding carboxylic acids is 2. The minimum atomic E-state index is -0.995. The van der Waals surface area contributed by atoms with Gasteiger partial charge in [0, 0.05) is 6.42 Å². The van der Waals surface area contributed by atoms with Crippen LogP contribution in [-0.4, -0.2) is 24.5 Å². The van der Waals surface area contributed by atoms with Crippen LogP contribution < -0.4 is 0 Å². The molecule has 76 valence electrons. The molecule has 0 unspecified atom stereocenters. The predicted molar refractivity (Wildman–Crippen MR) is 44.1 cm³/mol. The molecule has 1 heterocycles. The van der Waals surface area contributed by atoms with Crippen molar-refractivity contribution in [2.24, 2.45) is 17.3 Å². The van der Waals surface area contributed by atoms with Gasteiger partial charge in [0.2, 0.25) is 0 Å². The normalized spacial score (nSPS) is 50.5. The van der Waals surface area contributed by atoms with Crippen LogP contribution >= 0.6 is 0 Å². The van der Waals surface area contributed by atoms with Crippen LogP contribution in [0, 0.1) is 17.3 Å². The van der Waals surface area contributed by atoms with Crippen LogP contribution in [0.5, 0.6) is 0 Å². The largest absolute Gasteiger partial charge is 0.464 e. The summed E-state index contributed by atoms with van der Waals surface area (Å²) in [5.74, 6) is -0.989. The molecule has 0 amide bonds. The molecule has 1 aliphatic heterocycles. The SMILES string of the molecule is O=C1OC[C@@]23C[C@@H](CC2=O)[C@@H](F)C[C@H]13. The molecule has 3 aliphatic rings. The quantitative estimate of drug-likeness (QED) is 0.542. The minimum absolute atomic E-state index is 0.0403. The predicted octanol–water partition coefficient (Wildman–Crippen LogP) is 0.867. The van der Waals surface area contributed by atoms with Gasteiger partial charge in [0.25, 0.3) is 0 Å². The molecule has 4 atom stereocenters. The third kappa shape index (κ3) is 0.775. The summed E-state index contributed by atoms with van der Waals surface area (Å²) in [4.78, 5) is 23.1. The standard InChI is InChI=1S/C10H11FO3/c11-7-2-6-9(13)14-4-10(6)3-5(7)1-8(10)12/h5-7H,1-4H2/t5-,6-,7+,10-/m1/s1. The maximum atomic E-state index is 13.5. The Balaban J connectivity index is 2.06. The molecular formula is C10H11FO3. The Bertz CT molecular complexity index is 327. The van der Waals surface area contributed by atoms with Crippen molar-refractivity contribution in [3.05, 3.63) is 0 Å². The summed E-state index contributed by atoms with van der Waals surface area (Å²) in [6.45, 7) is 0.193. The number of ketones is 1. The van der Waals surface area contributed by atoms with E-state index in [1.807, 2.05) is 0 Å². The molecule has 0 radical (unpaired) electrons. The van der Waals surface area contributed by atoms with Gasteiger partial charge in [-0.3, -0.25) is 9.59 Å². The molecule has 1 spiro atoms. The van der Waals surface area contributed by atoms with E-state index in [0.717, 1.165) is 0 Å². The van der Waals surface area contributed by atoms with E-state index in [-0.39, 0.29) is 30.7 Å². The van der Waals surface area contributed by atoms with Crippen molar-refractivity contribution < 1.29 is 18.7 Å². The third-order valence-corrected chi connectivity index (χ3v) is 4.03. The van der Waals surface area contributed by atoms with E-state index in [2.05, 4.69) is 0 Å². The first kappa shape index (κ1) is 8.38. The summed E-state index contributed by atoms with van der Waals surface area (Å²) in [7, 11) is 0. The molecule has 2 bridgehead atoms. The summed E-state index contributed by atoms with van der Waals surface area (Å²) < 4.78 is 18.4. The molecule has 0 aromatic rings. The van der Waals surface area contributed by atoms with Gasteiger partial charge < -0.3 is 4.74 Å². The lowest BCUT2D eigenvalue weighted by Crippen LogP contribution is -2.39. The van der Waals surface area contributed by atoms with Crippen LogP contribution in [0.3, 0.4) is 0 Å². The van der Waals surface area contributed by atoms with E-state index in [1.54, 1.807) is 0 Å². The second-order valence-electron chi connectivity index (χ2n) is 4.66. The van der Waals surface area contributed by atoms with Gasteiger partial charge in [-0.05, 0) is 18.8 Å². The van der Waals surface area contributed by atoms with Gasteiger partial charge in [0.15, 0.2) is 0 Å². The number of carbonyl (C=O) groups is 2. The lowest BCUT2D eigenvalue weighted by Gasteiger charge is -2.31. The molecule has 4 heteroatoms. The molecule has 0 aromatic heterocycles. The highest BCUT2D eigenvalue weighted by molar-refractivity contribution is 5.95. The van der Waals surface area contributed by atoms with Gasteiger partial charge in [-0.25, -0.2) is 4.39 Å². The molecule has 0 aromatic carbocycles. The first-order valence-electron chi connectivity index (χ1n) is 4.97. The molecule has 3 rings (SSSR count). The fourth-order valence-corrected chi connectivity index (χ4v) is 3.19. The number of alkyl halides is 1. The Morgan fingerprint density at radius 2 is 2.21 bits per heavy atom. The zero-order chi connectivity index (χ0) is 9.92. The Kier molecular flexibility index (Phi) is 1.41. The van der Waals surface area contributed by atoms with E-state index in [9.17, 15) is 14.0 Å². The van der Waals surface area contributed by atoms with E-state index < -0.39 is 17.5 Å². The number of hydrogen-bond donors (Lipinski definition) is 0. The van der Waals surface area contributed by atoms with Crippen molar-refractivity contribution in [2.75, 3.05) is 6.61 Å². The molecule has 2 saturated carbocycles. The number of ether oxygens (including phenoxy) is 1. The second-order valence-corrected chi connectivity index (χ2v) is 4.66. The number of halogens is 1. The Morgan fingerprint density at radius 1 is 1.43 bits per heavy atom. The molecule has 2 aliphatic carbocycles. The fraction of sp³-hybridized carbons (Fsp3) is 0.800.